The van der Waals surface area contributed by atoms with Gasteiger partial charge in [0, 0.05) is 11.6 Å². The molecule has 5 nitrogen and oxygen atoms in total. The number of benzene rings is 3. The van der Waals surface area contributed by atoms with Crippen LogP contribution in [0.3, 0.4) is 0 Å². The van der Waals surface area contributed by atoms with Crippen molar-refractivity contribution in [3.63, 3.8) is 0 Å². The molecule has 30 heavy (non-hydrogen) atoms. The summed E-state index contributed by atoms with van der Waals surface area (Å²) in [6.45, 7) is 2.51. The molecule has 0 spiro atoms. The van der Waals surface area contributed by atoms with Gasteiger partial charge in [-0.15, -0.1) is 0 Å². The van der Waals surface area contributed by atoms with Crippen molar-refractivity contribution in [3.05, 3.63) is 72.3 Å². The maximum Gasteiger partial charge on any atom is 0.227 e. The quantitative estimate of drug-likeness (QED) is 0.404. The van der Waals surface area contributed by atoms with E-state index in [0.29, 0.717) is 17.4 Å². The maximum absolute atomic E-state index is 9.75. The Bertz CT molecular complexity index is 1160. The highest BCUT2D eigenvalue weighted by atomic mass is 16.5. The van der Waals surface area contributed by atoms with Gasteiger partial charge < -0.3 is 19.0 Å². The summed E-state index contributed by atoms with van der Waals surface area (Å²) >= 11 is 0. The number of nitrogens with zero attached hydrogens (tertiary/aromatic N) is 1. The Kier molecular flexibility index (Phi) is 4.89. The van der Waals surface area contributed by atoms with Gasteiger partial charge in [-0.2, -0.15) is 0 Å². The number of hydrogen-bond donors (Lipinski definition) is 1. The highest BCUT2D eigenvalue weighted by Gasteiger charge is 2.21. The van der Waals surface area contributed by atoms with E-state index in [1.54, 1.807) is 6.92 Å². The summed E-state index contributed by atoms with van der Waals surface area (Å²) < 4.78 is 17.7. The zero-order valence-corrected chi connectivity index (χ0v) is 16.7. The lowest BCUT2D eigenvalue weighted by molar-refractivity contribution is 0.199. The predicted molar refractivity (Wildman–Crippen MR) is 115 cm³/mol. The molecule has 0 saturated heterocycles. The van der Waals surface area contributed by atoms with Crippen molar-refractivity contribution in [3.8, 4) is 28.7 Å². The maximum atomic E-state index is 9.75. The summed E-state index contributed by atoms with van der Waals surface area (Å²) in [4.78, 5) is 4.54. The molecule has 1 aliphatic rings. The smallest absolute Gasteiger partial charge is 0.227 e. The monoisotopic (exact) mass is 401 g/mol. The first kappa shape index (κ1) is 18.7. The lowest BCUT2D eigenvalue weighted by Crippen LogP contribution is -1.98. The molecule has 0 aliphatic heterocycles. The standard InChI is InChI=1S/C25H23NO4/c1-16(27)19-9-12-23-24(13-19)30-25(26-23)18-7-10-20(11-8-18)29-22-4-2-3-21(14-22)28-15-17-5-6-17/h2-4,7-14,16-17,27H,5-6,15H2,1H3/t16-/m1/s1. The van der Waals surface area contributed by atoms with Crippen LogP contribution < -0.4 is 9.47 Å². The molecule has 0 unspecified atom stereocenters. The lowest BCUT2D eigenvalue weighted by atomic mass is 10.1. The molecule has 1 atom stereocenters. The van der Waals surface area contributed by atoms with Gasteiger partial charge in [0.2, 0.25) is 5.89 Å². The fourth-order valence-corrected chi connectivity index (χ4v) is 3.25. The third-order valence-electron chi connectivity index (χ3n) is 5.22. The first-order valence-electron chi connectivity index (χ1n) is 10.2. The minimum absolute atomic E-state index is 0.537. The van der Waals surface area contributed by atoms with E-state index in [2.05, 4.69) is 4.98 Å². The fraction of sp³-hybridized carbons (Fsp3) is 0.240. The van der Waals surface area contributed by atoms with Crippen molar-refractivity contribution in [2.75, 3.05) is 6.61 Å². The minimum Gasteiger partial charge on any atom is -0.493 e. The molecule has 4 aromatic rings. The highest BCUT2D eigenvalue weighted by Crippen LogP contribution is 2.32. The van der Waals surface area contributed by atoms with Gasteiger partial charge >= 0.3 is 0 Å². The number of aliphatic hydroxyl groups is 1. The number of oxazole rings is 1. The predicted octanol–water partition coefficient (Wildman–Crippen LogP) is 6.13. The van der Waals surface area contributed by atoms with E-state index in [9.17, 15) is 5.11 Å². The van der Waals surface area contributed by atoms with Crippen LogP contribution in [0.15, 0.2) is 71.1 Å². The fourth-order valence-electron chi connectivity index (χ4n) is 3.25. The Morgan fingerprint density at radius 3 is 2.57 bits per heavy atom. The molecule has 0 amide bonds. The molecular weight excluding hydrogens is 378 g/mol. The number of ether oxygens (including phenoxy) is 2. The van der Waals surface area contributed by atoms with Crippen molar-refractivity contribution in [2.45, 2.75) is 25.9 Å². The van der Waals surface area contributed by atoms with Crippen molar-refractivity contribution in [1.29, 1.82) is 0 Å². The highest BCUT2D eigenvalue weighted by molar-refractivity contribution is 5.77. The van der Waals surface area contributed by atoms with Gasteiger partial charge in [0.05, 0.1) is 12.7 Å². The number of aromatic nitrogens is 1. The van der Waals surface area contributed by atoms with Gasteiger partial charge in [0.25, 0.3) is 0 Å². The summed E-state index contributed by atoms with van der Waals surface area (Å²) in [5.41, 5.74) is 3.08. The Labute approximate surface area is 174 Å². The van der Waals surface area contributed by atoms with E-state index in [1.165, 1.54) is 12.8 Å². The number of rotatable bonds is 7. The van der Waals surface area contributed by atoms with Crippen LogP contribution in [-0.4, -0.2) is 16.7 Å². The number of hydrogen-bond acceptors (Lipinski definition) is 5. The van der Waals surface area contributed by atoms with E-state index >= 15 is 0 Å². The van der Waals surface area contributed by atoms with E-state index in [0.717, 1.165) is 40.5 Å². The van der Waals surface area contributed by atoms with Crippen LogP contribution in [0.25, 0.3) is 22.6 Å². The average Bonchev–Trinajstić information content (AvgIpc) is 3.49. The molecule has 5 heteroatoms. The summed E-state index contributed by atoms with van der Waals surface area (Å²) in [7, 11) is 0. The number of aliphatic hydroxyl groups excluding tert-OH is 1. The van der Waals surface area contributed by atoms with E-state index < -0.39 is 6.10 Å². The van der Waals surface area contributed by atoms with E-state index in [-0.39, 0.29) is 0 Å². The second-order valence-electron chi connectivity index (χ2n) is 7.78. The largest absolute Gasteiger partial charge is 0.493 e. The molecular formula is C25H23NO4. The Hall–Kier alpha value is -3.31. The molecule has 5 rings (SSSR count). The van der Waals surface area contributed by atoms with Crippen LogP contribution in [0, 0.1) is 5.92 Å². The molecule has 1 fully saturated rings. The summed E-state index contributed by atoms with van der Waals surface area (Å²) in [5, 5.41) is 9.75. The lowest BCUT2D eigenvalue weighted by Gasteiger charge is -2.09. The molecule has 0 radical (unpaired) electrons. The van der Waals surface area contributed by atoms with Crippen LogP contribution in [0.4, 0.5) is 0 Å². The molecule has 1 aliphatic carbocycles. The van der Waals surface area contributed by atoms with Crippen molar-refractivity contribution >= 4 is 11.1 Å². The topological polar surface area (TPSA) is 64.7 Å². The van der Waals surface area contributed by atoms with Gasteiger partial charge in [0.15, 0.2) is 5.58 Å². The number of fused-ring (bicyclic) bond motifs is 1. The first-order valence-corrected chi connectivity index (χ1v) is 10.2. The van der Waals surface area contributed by atoms with Gasteiger partial charge in [0.1, 0.15) is 22.8 Å². The molecule has 152 valence electrons. The average molecular weight is 401 g/mol. The zero-order chi connectivity index (χ0) is 20.5. The third-order valence-corrected chi connectivity index (χ3v) is 5.22. The first-order chi connectivity index (χ1) is 14.6. The zero-order valence-electron chi connectivity index (χ0n) is 16.7. The van der Waals surface area contributed by atoms with Gasteiger partial charge in [-0.05, 0) is 79.8 Å². The third kappa shape index (κ3) is 4.16. The Morgan fingerprint density at radius 2 is 1.80 bits per heavy atom. The second kappa shape index (κ2) is 7.84. The van der Waals surface area contributed by atoms with Gasteiger partial charge in [-0.3, -0.25) is 0 Å². The normalized spacial score (nSPS) is 14.6. The molecule has 3 aromatic carbocycles. The molecule has 1 aromatic heterocycles. The summed E-state index contributed by atoms with van der Waals surface area (Å²) in [6.07, 6.45) is 1.99. The van der Waals surface area contributed by atoms with Crippen molar-refractivity contribution < 1.29 is 19.0 Å². The van der Waals surface area contributed by atoms with Crippen molar-refractivity contribution in [1.82, 2.24) is 4.98 Å². The van der Waals surface area contributed by atoms with Crippen molar-refractivity contribution in [2.24, 2.45) is 5.92 Å². The minimum atomic E-state index is -0.544. The second-order valence-corrected chi connectivity index (χ2v) is 7.78. The summed E-state index contributed by atoms with van der Waals surface area (Å²) in [6, 6.07) is 20.9. The van der Waals surface area contributed by atoms with Crippen LogP contribution in [-0.2, 0) is 0 Å². The van der Waals surface area contributed by atoms with Crippen LogP contribution in [0.1, 0.15) is 31.4 Å². The van der Waals surface area contributed by atoms with Gasteiger partial charge in [-0.1, -0.05) is 12.1 Å². The molecule has 1 heterocycles. The summed E-state index contributed by atoms with van der Waals surface area (Å²) in [5.74, 6) is 3.55. The Balaban J connectivity index is 1.30. The van der Waals surface area contributed by atoms with Crippen LogP contribution >= 0.6 is 0 Å². The van der Waals surface area contributed by atoms with Crippen LogP contribution in [0.5, 0.6) is 17.2 Å². The van der Waals surface area contributed by atoms with E-state index in [1.807, 2.05) is 66.7 Å². The Morgan fingerprint density at radius 1 is 1.00 bits per heavy atom. The molecule has 1 saturated carbocycles. The van der Waals surface area contributed by atoms with E-state index in [4.69, 9.17) is 13.9 Å². The molecule has 1 N–H and O–H groups in total. The molecule has 0 bridgehead atoms. The SMILES string of the molecule is C[C@@H](O)c1ccc2nc(-c3ccc(Oc4cccc(OCC5CC5)c4)cc3)oc2c1. The van der Waals surface area contributed by atoms with Gasteiger partial charge in [-0.25, -0.2) is 4.98 Å². The van der Waals surface area contributed by atoms with Crippen LogP contribution in [0.2, 0.25) is 0 Å².